The predicted molar refractivity (Wildman–Crippen MR) is 102 cm³/mol. The summed E-state index contributed by atoms with van der Waals surface area (Å²) in [5.41, 5.74) is 9.93. The van der Waals surface area contributed by atoms with Gasteiger partial charge < -0.3 is 16.0 Å². The van der Waals surface area contributed by atoms with Crippen LogP contribution in [0.15, 0.2) is 60.7 Å². The summed E-state index contributed by atoms with van der Waals surface area (Å²) in [5, 5.41) is 4.89. The number of aromatic nitrogens is 1. The zero-order chi connectivity index (χ0) is 18.1. The SMILES string of the molecule is Nc1cccc(CNC(=O)Cc2ccc3c(c2)[nH]c2cc(F)ccc23)c1. The maximum atomic E-state index is 13.4. The summed E-state index contributed by atoms with van der Waals surface area (Å²) < 4.78 is 13.4. The number of nitrogen functional groups attached to an aromatic ring is 1. The van der Waals surface area contributed by atoms with Crippen LogP contribution in [-0.4, -0.2) is 10.9 Å². The Balaban J connectivity index is 1.49. The van der Waals surface area contributed by atoms with Crippen molar-refractivity contribution in [3.8, 4) is 0 Å². The van der Waals surface area contributed by atoms with E-state index in [1.807, 2.05) is 42.5 Å². The van der Waals surface area contributed by atoms with Crippen molar-refractivity contribution in [2.24, 2.45) is 0 Å². The molecule has 4 N–H and O–H groups in total. The maximum absolute atomic E-state index is 13.4. The number of aromatic amines is 1. The van der Waals surface area contributed by atoms with Gasteiger partial charge in [-0.15, -0.1) is 0 Å². The molecule has 0 saturated heterocycles. The first kappa shape index (κ1) is 16.1. The molecule has 130 valence electrons. The van der Waals surface area contributed by atoms with E-state index in [2.05, 4.69) is 10.3 Å². The lowest BCUT2D eigenvalue weighted by Gasteiger charge is -2.06. The van der Waals surface area contributed by atoms with Crippen molar-refractivity contribution in [2.45, 2.75) is 13.0 Å². The third-order valence-corrected chi connectivity index (χ3v) is 4.43. The molecule has 0 aliphatic carbocycles. The number of benzene rings is 3. The van der Waals surface area contributed by atoms with E-state index in [-0.39, 0.29) is 18.1 Å². The molecular formula is C21H18FN3O. The predicted octanol–water partition coefficient (Wildman–Crippen LogP) is 3.90. The number of hydrogen-bond acceptors (Lipinski definition) is 2. The molecule has 26 heavy (non-hydrogen) atoms. The fraction of sp³-hybridized carbons (Fsp3) is 0.0952. The molecule has 4 aromatic rings. The Labute approximate surface area is 149 Å². The number of carbonyl (C=O) groups is 1. The summed E-state index contributed by atoms with van der Waals surface area (Å²) in [6, 6.07) is 18.0. The van der Waals surface area contributed by atoms with Gasteiger partial charge in [-0.2, -0.15) is 0 Å². The van der Waals surface area contributed by atoms with Gasteiger partial charge in [-0.3, -0.25) is 4.79 Å². The zero-order valence-corrected chi connectivity index (χ0v) is 14.1. The Bertz CT molecular complexity index is 1120. The summed E-state index contributed by atoms with van der Waals surface area (Å²) in [6.07, 6.45) is 0.280. The lowest BCUT2D eigenvalue weighted by atomic mass is 10.1. The van der Waals surface area contributed by atoms with Gasteiger partial charge in [-0.25, -0.2) is 4.39 Å². The van der Waals surface area contributed by atoms with Crippen LogP contribution in [-0.2, 0) is 17.8 Å². The smallest absolute Gasteiger partial charge is 0.224 e. The molecule has 0 spiro atoms. The molecule has 0 radical (unpaired) electrons. The number of hydrogen-bond donors (Lipinski definition) is 3. The number of nitrogens with one attached hydrogen (secondary N) is 2. The number of amides is 1. The Morgan fingerprint density at radius 2 is 1.73 bits per heavy atom. The van der Waals surface area contributed by atoms with Crippen LogP contribution in [0.2, 0.25) is 0 Å². The van der Waals surface area contributed by atoms with Crippen LogP contribution in [0, 0.1) is 5.82 Å². The first-order valence-corrected chi connectivity index (χ1v) is 8.39. The molecule has 4 nitrogen and oxygen atoms in total. The first-order valence-electron chi connectivity index (χ1n) is 8.39. The van der Waals surface area contributed by atoms with Crippen LogP contribution < -0.4 is 11.1 Å². The molecule has 0 unspecified atom stereocenters. The topological polar surface area (TPSA) is 70.9 Å². The Morgan fingerprint density at radius 1 is 0.962 bits per heavy atom. The van der Waals surface area contributed by atoms with Crippen LogP contribution in [0.4, 0.5) is 10.1 Å². The van der Waals surface area contributed by atoms with Crippen molar-refractivity contribution in [3.63, 3.8) is 0 Å². The van der Waals surface area contributed by atoms with E-state index in [9.17, 15) is 9.18 Å². The summed E-state index contributed by atoms with van der Waals surface area (Å²) in [5.74, 6) is -0.334. The normalized spacial score (nSPS) is 11.1. The van der Waals surface area contributed by atoms with Gasteiger partial charge in [0.25, 0.3) is 0 Å². The van der Waals surface area contributed by atoms with Crippen LogP contribution >= 0.6 is 0 Å². The second-order valence-corrected chi connectivity index (χ2v) is 6.39. The summed E-state index contributed by atoms with van der Waals surface area (Å²) in [7, 11) is 0. The number of anilines is 1. The third kappa shape index (κ3) is 3.24. The highest BCUT2D eigenvalue weighted by atomic mass is 19.1. The lowest BCUT2D eigenvalue weighted by Crippen LogP contribution is -2.24. The second-order valence-electron chi connectivity index (χ2n) is 6.39. The van der Waals surface area contributed by atoms with E-state index in [1.165, 1.54) is 12.1 Å². The molecule has 0 saturated carbocycles. The molecule has 0 aliphatic heterocycles. The number of carbonyl (C=O) groups excluding carboxylic acids is 1. The average molecular weight is 347 g/mol. The molecule has 1 amide bonds. The molecule has 5 heteroatoms. The van der Waals surface area contributed by atoms with Crippen molar-refractivity contribution in [3.05, 3.63) is 77.6 Å². The second kappa shape index (κ2) is 6.52. The zero-order valence-electron chi connectivity index (χ0n) is 14.1. The van der Waals surface area contributed by atoms with Gasteiger partial charge in [0, 0.05) is 34.0 Å². The number of H-pyrrole nitrogens is 1. The van der Waals surface area contributed by atoms with E-state index >= 15 is 0 Å². The Kier molecular flexibility index (Phi) is 4.05. The summed E-state index contributed by atoms with van der Waals surface area (Å²) in [6.45, 7) is 0.442. The molecule has 4 rings (SSSR count). The van der Waals surface area contributed by atoms with Crippen molar-refractivity contribution < 1.29 is 9.18 Å². The van der Waals surface area contributed by atoms with Gasteiger partial charge in [0.1, 0.15) is 5.82 Å². The summed E-state index contributed by atoms with van der Waals surface area (Å²) in [4.78, 5) is 15.4. The third-order valence-electron chi connectivity index (χ3n) is 4.43. The van der Waals surface area contributed by atoms with Gasteiger partial charge >= 0.3 is 0 Å². The quantitative estimate of drug-likeness (QED) is 0.490. The fourth-order valence-electron chi connectivity index (χ4n) is 3.19. The Hall–Kier alpha value is -3.34. The van der Waals surface area contributed by atoms with Crippen molar-refractivity contribution in [1.82, 2.24) is 10.3 Å². The molecule has 0 atom stereocenters. The fourth-order valence-corrected chi connectivity index (χ4v) is 3.19. The largest absolute Gasteiger partial charge is 0.399 e. The minimum Gasteiger partial charge on any atom is -0.399 e. The average Bonchev–Trinajstić information content (AvgIpc) is 2.96. The minimum absolute atomic E-state index is 0.0612. The molecule has 3 aromatic carbocycles. The highest BCUT2D eigenvalue weighted by molar-refractivity contribution is 6.07. The number of halogens is 1. The van der Waals surface area contributed by atoms with E-state index in [0.29, 0.717) is 12.2 Å². The molecule has 0 aliphatic rings. The number of fused-ring (bicyclic) bond motifs is 3. The summed E-state index contributed by atoms with van der Waals surface area (Å²) >= 11 is 0. The van der Waals surface area contributed by atoms with Crippen LogP contribution in [0.5, 0.6) is 0 Å². The van der Waals surface area contributed by atoms with Crippen molar-refractivity contribution >= 4 is 33.4 Å². The molecule has 0 fully saturated rings. The van der Waals surface area contributed by atoms with Gasteiger partial charge in [-0.05, 0) is 47.5 Å². The molecule has 0 bridgehead atoms. The highest BCUT2D eigenvalue weighted by Gasteiger charge is 2.08. The van der Waals surface area contributed by atoms with Gasteiger partial charge in [0.15, 0.2) is 0 Å². The Morgan fingerprint density at radius 3 is 2.54 bits per heavy atom. The van der Waals surface area contributed by atoms with Crippen molar-refractivity contribution in [1.29, 1.82) is 0 Å². The highest BCUT2D eigenvalue weighted by Crippen LogP contribution is 2.26. The first-order chi connectivity index (χ1) is 12.6. The molecule has 1 aromatic heterocycles. The monoisotopic (exact) mass is 347 g/mol. The maximum Gasteiger partial charge on any atom is 0.224 e. The van der Waals surface area contributed by atoms with Gasteiger partial charge in [-0.1, -0.05) is 24.3 Å². The van der Waals surface area contributed by atoms with Crippen LogP contribution in [0.3, 0.4) is 0 Å². The standard InChI is InChI=1S/C21H18FN3O/c22-15-5-7-18-17-6-4-13(9-19(17)25-20(18)11-15)10-21(26)24-12-14-2-1-3-16(23)8-14/h1-9,11,25H,10,12,23H2,(H,24,26). The van der Waals surface area contributed by atoms with Gasteiger partial charge in [0.05, 0.1) is 6.42 Å². The van der Waals surface area contributed by atoms with Crippen LogP contribution in [0.25, 0.3) is 21.8 Å². The van der Waals surface area contributed by atoms with E-state index in [4.69, 9.17) is 5.73 Å². The lowest BCUT2D eigenvalue weighted by molar-refractivity contribution is -0.120. The van der Waals surface area contributed by atoms with Gasteiger partial charge in [0.2, 0.25) is 5.91 Å². The molecule has 1 heterocycles. The van der Waals surface area contributed by atoms with E-state index in [0.717, 1.165) is 32.9 Å². The van der Waals surface area contributed by atoms with Crippen LogP contribution in [0.1, 0.15) is 11.1 Å². The minimum atomic E-state index is -0.273. The number of nitrogens with two attached hydrogens (primary N) is 1. The van der Waals surface area contributed by atoms with E-state index < -0.39 is 0 Å². The van der Waals surface area contributed by atoms with E-state index in [1.54, 1.807) is 6.07 Å². The number of rotatable bonds is 4. The molecular weight excluding hydrogens is 329 g/mol. The van der Waals surface area contributed by atoms with Crippen molar-refractivity contribution in [2.75, 3.05) is 5.73 Å².